The predicted molar refractivity (Wildman–Crippen MR) is 66.6 cm³/mol. The lowest BCUT2D eigenvalue weighted by molar-refractivity contribution is 0.645. The first-order valence-electron chi connectivity index (χ1n) is 4.53. The van der Waals surface area contributed by atoms with Crippen LogP contribution in [0.5, 0.6) is 5.75 Å². The Morgan fingerprint density at radius 2 is 1.53 bits per heavy atom. The van der Waals surface area contributed by atoms with Crippen LogP contribution in [-0.4, -0.2) is 0 Å². The van der Waals surface area contributed by atoms with Gasteiger partial charge in [0.05, 0.1) is 12.0 Å². The Morgan fingerprint density at radius 3 is 2.20 bits per heavy atom. The lowest BCUT2D eigenvalue weighted by Crippen LogP contribution is -1.80. The van der Waals surface area contributed by atoms with Crippen LogP contribution in [0, 0.1) is 0 Å². The fourth-order valence-corrected chi connectivity index (χ4v) is 1.79. The molecule has 0 N–H and O–H groups in total. The van der Waals surface area contributed by atoms with E-state index in [2.05, 4.69) is 12.6 Å². The van der Waals surface area contributed by atoms with Gasteiger partial charge in [-0.2, -0.15) is 0 Å². The maximum absolute atomic E-state index is 5.53. The van der Waals surface area contributed by atoms with Gasteiger partial charge >= 0.3 is 0 Å². The summed E-state index contributed by atoms with van der Waals surface area (Å²) in [6.45, 7) is 0. The van der Waals surface area contributed by atoms with Gasteiger partial charge in [0.1, 0.15) is 5.75 Å². The molecule has 0 spiro atoms. The van der Waals surface area contributed by atoms with Crippen molar-refractivity contribution in [2.24, 2.45) is 0 Å². The monoisotopic (exact) mass is 234 g/mol. The molecule has 0 fully saturated rings. The van der Waals surface area contributed by atoms with Crippen molar-refractivity contribution in [1.29, 1.82) is 0 Å². The highest BCUT2D eigenvalue weighted by atomic mass is 32.2. The molecular formula is C12H10OS2. The molecule has 0 aromatic heterocycles. The molecule has 0 bridgehead atoms. The lowest BCUT2D eigenvalue weighted by Gasteiger charge is -2.03. The average molecular weight is 234 g/mol. The van der Waals surface area contributed by atoms with Gasteiger partial charge in [0.25, 0.3) is 0 Å². The minimum absolute atomic E-state index is 0.835. The largest absolute Gasteiger partial charge is 0.421 e. The normalized spacial score (nSPS) is 9.93. The zero-order valence-electron chi connectivity index (χ0n) is 7.96. The lowest BCUT2D eigenvalue weighted by atomic mass is 10.3. The van der Waals surface area contributed by atoms with Gasteiger partial charge in [-0.1, -0.05) is 18.2 Å². The number of benzene rings is 2. The third-order valence-electron chi connectivity index (χ3n) is 1.81. The van der Waals surface area contributed by atoms with Gasteiger partial charge in [0.2, 0.25) is 0 Å². The molecule has 0 radical (unpaired) electrons. The maximum Gasteiger partial charge on any atom is 0.137 e. The molecule has 1 nitrogen and oxygen atoms in total. The molecule has 0 saturated carbocycles. The topological polar surface area (TPSA) is 9.23 Å². The van der Waals surface area contributed by atoms with Crippen LogP contribution < -0.4 is 4.18 Å². The highest BCUT2D eigenvalue weighted by Crippen LogP contribution is 2.23. The molecule has 0 unspecified atom stereocenters. The maximum atomic E-state index is 5.53. The molecular weight excluding hydrogens is 224 g/mol. The molecule has 0 heterocycles. The van der Waals surface area contributed by atoms with E-state index in [4.69, 9.17) is 4.18 Å². The van der Waals surface area contributed by atoms with E-state index in [1.807, 2.05) is 54.6 Å². The van der Waals surface area contributed by atoms with Gasteiger partial charge in [0, 0.05) is 9.79 Å². The zero-order chi connectivity index (χ0) is 10.5. The summed E-state index contributed by atoms with van der Waals surface area (Å²) in [6.07, 6.45) is 0. The van der Waals surface area contributed by atoms with Gasteiger partial charge in [0.15, 0.2) is 0 Å². The van der Waals surface area contributed by atoms with E-state index < -0.39 is 0 Å². The fraction of sp³-hybridized carbons (Fsp3) is 0. The van der Waals surface area contributed by atoms with Crippen molar-refractivity contribution in [3.63, 3.8) is 0 Å². The summed E-state index contributed by atoms with van der Waals surface area (Å²) in [5.74, 6) is 0.835. The zero-order valence-corrected chi connectivity index (χ0v) is 9.67. The Kier molecular flexibility index (Phi) is 3.59. The van der Waals surface area contributed by atoms with Crippen LogP contribution in [0.15, 0.2) is 64.4 Å². The van der Waals surface area contributed by atoms with Crippen molar-refractivity contribution < 1.29 is 4.18 Å². The highest BCUT2D eigenvalue weighted by molar-refractivity contribution is 7.95. The SMILES string of the molecule is Sc1ccc(OSc2ccccc2)cc1. The Balaban J connectivity index is 1.96. The molecule has 0 aliphatic carbocycles. The van der Waals surface area contributed by atoms with Crippen molar-refractivity contribution in [2.75, 3.05) is 0 Å². The minimum atomic E-state index is 0.835. The predicted octanol–water partition coefficient (Wildman–Crippen LogP) is 4.06. The summed E-state index contributed by atoms with van der Waals surface area (Å²) in [6, 6.07) is 17.6. The Morgan fingerprint density at radius 1 is 0.867 bits per heavy atom. The van der Waals surface area contributed by atoms with Crippen LogP contribution in [0.25, 0.3) is 0 Å². The molecule has 2 aromatic rings. The van der Waals surface area contributed by atoms with E-state index in [0.29, 0.717) is 0 Å². The summed E-state index contributed by atoms with van der Waals surface area (Å²) in [5, 5.41) is 0. The van der Waals surface area contributed by atoms with Gasteiger partial charge in [-0.25, -0.2) is 0 Å². The first-order valence-corrected chi connectivity index (χ1v) is 5.72. The van der Waals surface area contributed by atoms with Crippen molar-refractivity contribution >= 4 is 24.7 Å². The van der Waals surface area contributed by atoms with Crippen molar-refractivity contribution in [3.05, 3.63) is 54.6 Å². The van der Waals surface area contributed by atoms with E-state index in [1.165, 1.54) is 12.0 Å². The van der Waals surface area contributed by atoms with Crippen LogP contribution in [0.2, 0.25) is 0 Å². The summed E-state index contributed by atoms with van der Waals surface area (Å²) >= 11 is 5.56. The minimum Gasteiger partial charge on any atom is -0.421 e. The summed E-state index contributed by atoms with van der Waals surface area (Å²) < 4.78 is 5.53. The van der Waals surface area contributed by atoms with Crippen molar-refractivity contribution in [1.82, 2.24) is 0 Å². The molecule has 3 heteroatoms. The molecule has 0 aliphatic rings. The van der Waals surface area contributed by atoms with E-state index in [1.54, 1.807) is 0 Å². The van der Waals surface area contributed by atoms with Crippen molar-refractivity contribution in [3.8, 4) is 5.75 Å². The summed E-state index contributed by atoms with van der Waals surface area (Å²) in [4.78, 5) is 2.03. The summed E-state index contributed by atoms with van der Waals surface area (Å²) in [5.41, 5.74) is 0. The quantitative estimate of drug-likeness (QED) is 0.633. The number of hydrogen-bond donors (Lipinski definition) is 1. The number of hydrogen-bond acceptors (Lipinski definition) is 3. The van der Waals surface area contributed by atoms with E-state index in [9.17, 15) is 0 Å². The summed E-state index contributed by atoms with van der Waals surface area (Å²) in [7, 11) is 0. The molecule has 15 heavy (non-hydrogen) atoms. The second-order valence-corrected chi connectivity index (χ2v) is 4.29. The Bertz CT molecular complexity index is 411. The third kappa shape index (κ3) is 3.22. The second-order valence-electron chi connectivity index (χ2n) is 2.97. The van der Waals surface area contributed by atoms with Crippen LogP contribution in [0.4, 0.5) is 0 Å². The molecule has 2 aromatic carbocycles. The molecule has 0 atom stereocenters. The van der Waals surface area contributed by atoms with E-state index in [0.717, 1.165) is 15.5 Å². The average Bonchev–Trinajstić information content (AvgIpc) is 2.30. The molecule has 0 saturated heterocycles. The van der Waals surface area contributed by atoms with Crippen LogP contribution in [-0.2, 0) is 0 Å². The van der Waals surface area contributed by atoms with Gasteiger partial charge in [-0.3, -0.25) is 0 Å². The third-order valence-corrected chi connectivity index (χ3v) is 2.85. The molecule has 0 aliphatic heterocycles. The Labute approximate surface area is 99.1 Å². The highest BCUT2D eigenvalue weighted by Gasteiger charge is 1.96. The molecule has 2 rings (SSSR count). The van der Waals surface area contributed by atoms with Crippen LogP contribution >= 0.6 is 24.7 Å². The smallest absolute Gasteiger partial charge is 0.137 e. The molecule has 0 amide bonds. The van der Waals surface area contributed by atoms with E-state index >= 15 is 0 Å². The first kappa shape index (κ1) is 10.5. The second kappa shape index (κ2) is 5.14. The van der Waals surface area contributed by atoms with Gasteiger partial charge in [-0.15, -0.1) is 12.6 Å². The molecule has 76 valence electrons. The Hall–Kier alpha value is -1.06. The standard InChI is InChI=1S/C12H10OS2/c14-11-8-6-10(7-9-11)13-15-12-4-2-1-3-5-12/h1-9,14H. The van der Waals surface area contributed by atoms with E-state index in [-0.39, 0.29) is 0 Å². The van der Waals surface area contributed by atoms with Crippen LogP contribution in [0.3, 0.4) is 0 Å². The number of thiol groups is 1. The van der Waals surface area contributed by atoms with Crippen molar-refractivity contribution in [2.45, 2.75) is 9.79 Å². The fourth-order valence-electron chi connectivity index (χ4n) is 1.07. The first-order chi connectivity index (χ1) is 7.34. The number of rotatable bonds is 3. The van der Waals surface area contributed by atoms with Gasteiger partial charge in [-0.05, 0) is 36.4 Å². The van der Waals surface area contributed by atoms with Gasteiger partial charge < -0.3 is 4.18 Å². The van der Waals surface area contributed by atoms with Crippen LogP contribution in [0.1, 0.15) is 0 Å².